The Morgan fingerprint density at radius 3 is 2.62 bits per heavy atom. The van der Waals surface area contributed by atoms with E-state index in [9.17, 15) is 22.9 Å². The van der Waals surface area contributed by atoms with E-state index >= 15 is 0 Å². The van der Waals surface area contributed by atoms with Crippen molar-refractivity contribution in [2.75, 3.05) is 13.1 Å². The van der Waals surface area contributed by atoms with Crippen LogP contribution in [0.4, 0.5) is 13.2 Å². The summed E-state index contributed by atoms with van der Waals surface area (Å²) in [7, 11) is 0. The van der Waals surface area contributed by atoms with Crippen LogP contribution in [0.3, 0.4) is 0 Å². The molecule has 4 aromatic rings. The Hall–Kier alpha value is -3.70. The van der Waals surface area contributed by atoms with Crippen LogP contribution in [0.25, 0.3) is 33.2 Å². The molecule has 0 unspecified atom stereocenters. The summed E-state index contributed by atoms with van der Waals surface area (Å²) in [4.78, 5) is 23.9. The molecule has 6 rings (SSSR count). The monoisotopic (exact) mass is 524 g/mol. The minimum Gasteiger partial charge on any atom is -0.354 e. The zero-order valence-electron chi connectivity index (χ0n) is 19.3. The zero-order valence-corrected chi connectivity index (χ0v) is 20.1. The van der Waals surface area contributed by atoms with Gasteiger partial charge < -0.3 is 4.52 Å². The summed E-state index contributed by atoms with van der Waals surface area (Å²) < 4.78 is 52.4. The van der Waals surface area contributed by atoms with Crippen molar-refractivity contribution in [2.45, 2.75) is 25.6 Å². The Morgan fingerprint density at radius 1 is 1.11 bits per heavy atom. The number of nitroso groups, excluding NO2 is 1. The molecule has 0 saturated carbocycles. The number of halogens is 3. The average Bonchev–Trinajstić information content (AvgIpc) is 3.50. The lowest BCUT2D eigenvalue weighted by Gasteiger charge is -2.36. The van der Waals surface area contributed by atoms with Gasteiger partial charge in [0.2, 0.25) is 0 Å². The van der Waals surface area contributed by atoms with Gasteiger partial charge in [-0.2, -0.15) is 17.5 Å². The van der Waals surface area contributed by atoms with Gasteiger partial charge in [-0.25, -0.2) is 0 Å². The van der Waals surface area contributed by atoms with Crippen LogP contribution < -0.4 is 0 Å². The van der Waals surface area contributed by atoms with E-state index in [0.717, 1.165) is 28.2 Å². The first-order valence-electron chi connectivity index (χ1n) is 11.7. The quantitative estimate of drug-likeness (QED) is 0.299. The van der Waals surface area contributed by atoms with Gasteiger partial charge in [0.15, 0.2) is 5.76 Å². The highest BCUT2D eigenvalue weighted by atomic mass is 32.1. The van der Waals surface area contributed by atoms with Gasteiger partial charge in [0.05, 0.1) is 10.8 Å². The third-order valence-corrected chi connectivity index (χ3v) is 7.78. The van der Waals surface area contributed by atoms with E-state index in [2.05, 4.69) is 25.7 Å². The second-order valence-electron chi connectivity index (χ2n) is 9.25. The molecule has 3 heterocycles. The van der Waals surface area contributed by atoms with E-state index in [1.165, 1.54) is 0 Å². The summed E-state index contributed by atoms with van der Waals surface area (Å²) in [6.45, 7) is 1.63. The van der Waals surface area contributed by atoms with Crippen molar-refractivity contribution in [1.82, 2.24) is 14.4 Å². The van der Waals surface area contributed by atoms with Crippen LogP contribution in [0, 0.1) is 10.8 Å². The highest BCUT2D eigenvalue weighted by molar-refractivity contribution is 7.10. The molecule has 2 aromatic heterocycles. The Bertz CT molecular complexity index is 1510. The molecule has 0 N–H and O–H groups in total. The molecule has 0 atom stereocenters. The molecule has 1 aliphatic carbocycles. The maximum absolute atomic E-state index is 14.2. The molecule has 1 aliphatic heterocycles. The van der Waals surface area contributed by atoms with Crippen molar-refractivity contribution in [1.29, 1.82) is 0 Å². The molecule has 1 amide bonds. The number of rotatable bonds is 5. The van der Waals surface area contributed by atoms with Crippen LogP contribution in [0.1, 0.15) is 22.3 Å². The topological polar surface area (TPSA) is 88.7 Å². The molecule has 11 heteroatoms. The maximum Gasteiger partial charge on any atom is 0.420 e. The largest absolute Gasteiger partial charge is 0.420 e. The summed E-state index contributed by atoms with van der Waals surface area (Å²) in [5.74, 6) is -0.878. The molecule has 188 valence electrons. The first-order valence-corrected chi connectivity index (χ1v) is 12.4. The van der Waals surface area contributed by atoms with Crippen LogP contribution in [-0.4, -0.2) is 33.4 Å². The summed E-state index contributed by atoms with van der Waals surface area (Å²) >= 11 is 0.802. The van der Waals surface area contributed by atoms with E-state index in [1.807, 2.05) is 12.1 Å². The fourth-order valence-electron chi connectivity index (χ4n) is 5.06. The van der Waals surface area contributed by atoms with Gasteiger partial charge in [-0.15, -0.1) is 4.91 Å². The normalized spacial score (nSPS) is 15.6. The minimum atomic E-state index is -4.61. The van der Waals surface area contributed by atoms with E-state index in [4.69, 9.17) is 4.52 Å². The number of aromatic nitrogens is 2. The van der Waals surface area contributed by atoms with Crippen molar-refractivity contribution < 1.29 is 22.5 Å². The van der Waals surface area contributed by atoms with Crippen LogP contribution in [-0.2, 0) is 30.4 Å². The predicted molar refractivity (Wildman–Crippen MR) is 130 cm³/mol. The lowest BCUT2D eigenvalue weighted by Crippen LogP contribution is -2.49. The number of hydrogen-bond acceptors (Lipinski definition) is 7. The molecule has 2 aromatic carbocycles. The van der Waals surface area contributed by atoms with Gasteiger partial charge in [0, 0.05) is 35.9 Å². The number of aryl methyl sites for hydroxylation is 1. The van der Waals surface area contributed by atoms with Crippen molar-refractivity contribution >= 4 is 17.4 Å². The number of likely N-dealkylation sites (tertiary alicyclic amines) is 1. The van der Waals surface area contributed by atoms with Gasteiger partial charge in [-0.1, -0.05) is 53.7 Å². The van der Waals surface area contributed by atoms with Crippen LogP contribution in [0.2, 0.25) is 0 Å². The van der Waals surface area contributed by atoms with Crippen LogP contribution >= 0.6 is 11.5 Å². The Kier molecular flexibility index (Phi) is 5.76. The summed E-state index contributed by atoms with van der Waals surface area (Å²) in [5, 5.41) is 6.66. The molecular weight excluding hydrogens is 505 g/mol. The highest BCUT2D eigenvalue weighted by Crippen LogP contribution is 2.48. The number of fused-ring (bicyclic) bond motifs is 3. The van der Waals surface area contributed by atoms with Crippen LogP contribution in [0.5, 0.6) is 0 Å². The van der Waals surface area contributed by atoms with Crippen molar-refractivity contribution in [3.8, 4) is 33.2 Å². The fourth-order valence-corrected chi connectivity index (χ4v) is 5.97. The smallest absolute Gasteiger partial charge is 0.354 e. The van der Waals surface area contributed by atoms with Gasteiger partial charge in [-0.05, 0) is 41.1 Å². The van der Waals surface area contributed by atoms with E-state index < -0.39 is 17.6 Å². The Labute approximate surface area is 213 Å². The number of nitrogens with zero attached hydrogens (tertiary/aromatic N) is 4. The Morgan fingerprint density at radius 2 is 1.89 bits per heavy atom. The van der Waals surface area contributed by atoms with Gasteiger partial charge in [-0.3, -0.25) is 9.69 Å². The van der Waals surface area contributed by atoms with Crippen molar-refractivity contribution in [3.63, 3.8) is 0 Å². The van der Waals surface area contributed by atoms with E-state index in [0.29, 0.717) is 49.3 Å². The standard InChI is InChI=1S/C26H19F3N4O3S/c27-26(28,29)20-22(32-37-24(20)15-4-2-1-3-5-15)23-19-9-7-16-10-14(6-8-18(16)21(19)31-36-23)11-33-12-17(13-33)25(34)30-35/h1-6,8,10,17H,7,9,11-13H2. The van der Waals surface area contributed by atoms with Crippen molar-refractivity contribution in [3.05, 3.63) is 75.7 Å². The molecule has 0 spiro atoms. The molecule has 0 bridgehead atoms. The molecule has 37 heavy (non-hydrogen) atoms. The van der Waals surface area contributed by atoms with E-state index in [1.54, 1.807) is 30.3 Å². The predicted octanol–water partition coefficient (Wildman–Crippen LogP) is 5.97. The number of benzene rings is 2. The molecule has 2 aliphatic rings. The SMILES string of the molecule is O=NC(=O)C1CN(Cc2ccc3c(c2)CCc2c-3noc2-c2nsc(-c3ccccc3)c2C(F)(F)F)C1. The highest BCUT2D eigenvalue weighted by Gasteiger charge is 2.42. The molecule has 1 saturated heterocycles. The zero-order chi connectivity index (χ0) is 25.7. The number of amides is 1. The van der Waals surface area contributed by atoms with Crippen LogP contribution in [0.15, 0.2) is 58.2 Å². The lowest BCUT2D eigenvalue weighted by molar-refractivity contribution is -0.136. The molecule has 1 fully saturated rings. The molecule has 0 radical (unpaired) electrons. The van der Waals surface area contributed by atoms with Gasteiger partial charge in [0.25, 0.3) is 5.91 Å². The van der Waals surface area contributed by atoms with Gasteiger partial charge in [0.1, 0.15) is 17.0 Å². The van der Waals surface area contributed by atoms with E-state index in [-0.39, 0.29) is 22.2 Å². The molecule has 7 nitrogen and oxygen atoms in total. The second kappa shape index (κ2) is 9.00. The minimum absolute atomic E-state index is 0.0490. The first-order chi connectivity index (χ1) is 17.8. The second-order valence-corrected chi connectivity index (χ2v) is 10.0. The number of carbonyl (C=O) groups excluding carboxylic acids is 1. The Balaban J connectivity index is 1.30. The number of carbonyl (C=O) groups is 1. The first kappa shape index (κ1) is 23.7. The van der Waals surface area contributed by atoms with Gasteiger partial charge >= 0.3 is 6.18 Å². The summed E-state index contributed by atoms with van der Waals surface area (Å²) in [5.41, 5.74) is 3.49. The number of hydrogen-bond donors (Lipinski definition) is 0. The summed E-state index contributed by atoms with van der Waals surface area (Å²) in [6, 6.07) is 14.3. The van der Waals surface area contributed by atoms with Crippen molar-refractivity contribution in [2.24, 2.45) is 11.1 Å². The third-order valence-electron chi connectivity index (χ3n) is 6.89. The number of alkyl halides is 3. The molecular formula is C26H19F3N4O3S. The maximum atomic E-state index is 14.2. The summed E-state index contributed by atoms with van der Waals surface area (Å²) in [6.07, 6.45) is -3.51. The lowest BCUT2D eigenvalue weighted by atomic mass is 9.87. The average molecular weight is 525 g/mol. The third kappa shape index (κ3) is 4.17. The fraction of sp³-hybridized carbons (Fsp3) is 0.269.